The van der Waals surface area contributed by atoms with Crippen LogP contribution in [-0.2, 0) is 19.4 Å². The highest BCUT2D eigenvalue weighted by Crippen LogP contribution is 2.23. The highest BCUT2D eigenvalue weighted by Gasteiger charge is 2.24. The summed E-state index contributed by atoms with van der Waals surface area (Å²) in [5, 5.41) is 0. The minimum Gasteiger partial charge on any atom is -0.410 e. The fraction of sp³-hybridized carbons (Fsp3) is 0.400. The molecule has 1 saturated heterocycles. The second-order valence-electron chi connectivity index (χ2n) is 9.78. The molecule has 0 bridgehead atoms. The van der Waals surface area contributed by atoms with Gasteiger partial charge in [-0.1, -0.05) is 48.5 Å². The zero-order chi connectivity index (χ0) is 24.5. The molecule has 0 saturated carbocycles. The lowest BCUT2D eigenvalue weighted by molar-refractivity contribution is 0.126. The number of amides is 1. The quantitative estimate of drug-likeness (QED) is 0.389. The number of aromatic nitrogens is 1. The Bertz CT molecular complexity index is 1040. The van der Waals surface area contributed by atoms with Crippen molar-refractivity contribution in [3.05, 3.63) is 95.3 Å². The van der Waals surface area contributed by atoms with E-state index < -0.39 is 0 Å². The summed E-state index contributed by atoms with van der Waals surface area (Å²) in [7, 11) is 2.18. The zero-order valence-corrected chi connectivity index (χ0v) is 21.0. The van der Waals surface area contributed by atoms with Crippen LogP contribution in [0.3, 0.4) is 0 Å². The molecule has 3 aromatic rings. The van der Waals surface area contributed by atoms with Gasteiger partial charge in [0.05, 0.1) is 0 Å². The van der Waals surface area contributed by atoms with Crippen molar-refractivity contribution in [2.45, 2.75) is 45.6 Å². The molecule has 1 aromatic heterocycles. The summed E-state index contributed by atoms with van der Waals surface area (Å²) in [4.78, 5) is 21.4. The highest BCUT2D eigenvalue weighted by molar-refractivity contribution is 5.70. The number of hydrogen-bond acceptors (Lipinski definition) is 4. The number of likely N-dealkylation sites (tertiary alicyclic amines) is 1. The van der Waals surface area contributed by atoms with Crippen molar-refractivity contribution in [1.82, 2.24) is 14.8 Å². The Morgan fingerprint density at radius 3 is 2.40 bits per heavy atom. The highest BCUT2D eigenvalue weighted by atomic mass is 16.6. The molecule has 1 fully saturated rings. The fourth-order valence-electron chi connectivity index (χ4n) is 4.59. The van der Waals surface area contributed by atoms with E-state index in [0.29, 0.717) is 11.7 Å². The van der Waals surface area contributed by atoms with Crippen LogP contribution in [0.5, 0.6) is 5.75 Å². The summed E-state index contributed by atoms with van der Waals surface area (Å²) in [6, 6.07) is 22.6. The molecule has 35 heavy (non-hydrogen) atoms. The largest absolute Gasteiger partial charge is 0.415 e. The first-order valence-electron chi connectivity index (χ1n) is 12.7. The summed E-state index contributed by atoms with van der Waals surface area (Å²) in [6.07, 6.45) is 6.74. The van der Waals surface area contributed by atoms with Crippen LogP contribution in [0.4, 0.5) is 4.79 Å². The molecule has 1 amide bonds. The summed E-state index contributed by atoms with van der Waals surface area (Å²) >= 11 is 0. The van der Waals surface area contributed by atoms with E-state index >= 15 is 0 Å². The lowest BCUT2D eigenvalue weighted by atomic mass is 9.93. The molecule has 0 N–H and O–H groups in total. The third kappa shape index (κ3) is 7.93. The first-order valence-corrected chi connectivity index (χ1v) is 12.7. The van der Waals surface area contributed by atoms with Crippen LogP contribution in [0.15, 0.2) is 72.9 Å². The van der Waals surface area contributed by atoms with Crippen LogP contribution in [0.2, 0.25) is 0 Å². The third-order valence-electron chi connectivity index (χ3n) is 6.86. The first-order chi connectivity index (χ1) is 17.0. The lowest BCUT2D eigenvalue weighted by Crippen LogP contribution is -2.40. The van der Waals surface area contributed by atoms with Crippen molar-refractivity contribution < 1.29 is 9.53 Å². The van der Waals surface area contributed by atoms with Gasteiger partial charge in [0, 0.05) is 31.5 Å². The number of hydrogen-bond donors (Lipinski definition) is 0. The number of pyridine rings is 1. The molecule has 2 heterocycles. The molecule has 0 aliphatic carbocycles. The molecule has 4 rings (SSSR count). The van der Waals surface area contributed by atoms with Crippen LogP contribution in [0.1, 0.15) is 41.6 Å². The second kappa shape index (κ2) is 12.5. The van der Waals surface area contributed by atoms with Crippen LogP contribution < -0.4 is 4.74 Å². The Morgan fingerprint density at radius 2 is 1.71 bits per heavy atom. The van der Waals surface area contributed by atoms with Gasteiger partial charge in [-0.05, 0) is 93.4 Å². The first kappa shape index (κ1) is 24.9. The van der Waals surface area contributed by atoms with E-state index in [1.165, 1.54) is 23.1 Å². The maximum atomic E-state index is 12.7. The number of carbonyl (C=O) groups excluding carboxylic acids is 1. The maximum Gasteiger partial charge on any atom is 0.415 e. The van der Waals surface area contributed by atoms with Gasteiger partial charge in [0.25, 0.3) is 0 Å². The molecule has 0 atom stereocenters. The van der Waals surface area contributed by atoms with E-state index in [1.54, 1.807) is 0 Å². The molecule has 0 spiro atoms. The normalized spacial score (nSPS) is 14.3. The maximum absolute atomic E-state index is 12.7. The molecule has 1 aliphatic heterocycles. The average Bonchev–Trinajstić information content (AvgIpc) is 2.89. The summed E-state index contributed by atoms with van der Waals surface area (Å²) in [5.74, 6) is 1.27. The van der Waals surface area contributed by atoms with Gasteiger partial charge in [0.2, 0.25) is 0 Å². The van der Waals surface area contributed by atoms with Gasteiger partial charge >= 0.3 is 6.09 Å². The van der Waals surface area contributed by atoms with Crippen molar-refractivity contribution in [2.75, 3.05) is 26.7 Å². The Labute approximate surface area is 209 Å². The lowest BCUT2D eigenvalue weighted by Gasteiger charge is -2.32. The van der Waals surface area contributed by atoms with Crippen molar-refractivity contribution >= 4 is 6.09 Å². The number of ether oxygens (including phenoxy) is 1. The standard InChI is InChI=1S/C30H37N3O2/c1-24-8-12-28(31-22-24)13-9-25-10-14-29(15-11-25)35-30(34)33-20-17-26(18-21-33)16-19-32(2)23-27-6-4-3-5-7-27/h3-8,10-12,14-15,22,26H,9,13,16-21,23H2,1-2H3. The van der Waals surface area contributed by atoms with Crippen molar-refractivity contribution in [1.29, 1.82) is 0 Å². The number of rotatable bonds is 9. The summed E-state index contributed by atoms with van der Waals surface area (Å²) in [5.41, 5.74) is 4.84. The van der Waals surface area contributed by atoms with Gasteiger partial charge in [-0.3, -0.25) is 4.98 Å². The van der Waals surface area contributed by atoms with Gasteiger partial charge in [-0.2, -0.15) is 0 Å². The number of aryl methyl sites for hydroxylation is 3. The molecule has 0 radical (unpaired) electrons. The van der Waals surface area contributed by atoms with Crippen LogP contribution in [-0.4, -0.2) is 47.6 Å². The average molecular weight is 472 g/mol. The van der Waals surface area contributed by atoms with E-state index in [0.717, 1.165) is 57.6 Å². The summed E-state index contributed by atoms with van der Waals surface area (Å²) in [6.45, 7) is 5.65. The predicted octanol–water partition coefficient (Wildman–Crippen LogP) is 5.91. The van der Waals surface area contributed by atoms with Crippen molar-refractivity contribution in [3.63, 3.8) is 0 Å². The Hall–Kier alpha value is -3.18. The number of piperidine rings is 1. The Balaban J connectivity index is 1.15. The SMILES string of the molecule is Cc1ccc(CCc2ccc(OC(=O)N3CCC(CCN(C)Cc4ccccc4)CC3)cc2)nc1. The van der Waals surface area contributed by atoms with Gasteiger partial charge in [0.15, 0.2) is 0 Å². The van der Waals surface area contributed by atoms with Crippen molar-refractivity contribution in [2.24, 2.45) is 5.92 Å². The predicted molar refractivity (Wildman–Crippen MR) is 141 cm³/mol. The molecule has 5 nitrogen and oxygen atoms in total. The van der Waals surface area contributed by atoms with Crippen molar-refractivity contribution in [3.8, 4) is 5.75 Å². The van der Waals surface area contributed by atoms with Gasteiger partial charge in [-0.15, -0.1) is 0 Å². The molecule has 0 unspecified atom stereocenters. The van der Waals surface area contributed by atoms with Crippen LogP contribution in [0, 0.1) is 12.8 Å². The number of benzene rings is 2. The van der Waals surface area contributed by atoms with Gasteiger partial charge < -0.3 is 14.5 Å². The zero-order valence-electron chi connectivity index (χ0n) is 21.0. The third-order valence-corrected chi connectivity index (χ3v) is 6.86. The smallest absolute Gasteiger partial charge is 0.410 e. The van der Waals surface area contributed by atoms with E-state index in [4.69, 9.17) is 4.74 Å². The fourth-order valence-corrected chi connectivity index (χ4v) is 4.59. The molecule has 5 heteroatoms. The number of carbonyl (C=O) groups is 1. The van der Waals surface area contributed by atoms with Gasteiger partial charge in [0.1, 0.15) is 5.75 Å². The molecule has 184 valence electrons. The molecular weight excluding hydrogens is 434 g/mol. The number of nitrogens with zero attached hydrogens (tertiary/aromatic N) is 3. The van der Waals surface area contributed by atoms with E-state index in [-0.39, 0.29) is 6.09 Å². The molecule has 1 aliphatic rings. The van der Waals surface area contributed by atoms with Crippen LogP contribution in [0.25, 0.3) is 0 Å². The molecule has 2 aromatic carbocycles. The van der Waals surface area contributed by atoms with E-state index in [9.17, 15) is 4.79 Å². The van der Waals surface area contributed by atoms with E-state index in [1.807, 2.05) is 42.3 Å². The minimum atomic E-state index is -0.235. The van der Waals surface area contributed by atoms with E-state index in [2.05, 4.69) is 59.4 Å². The van der Waals surface area contributed by atoms with Gasteiger partial charge in [-0.25, -0.2) is 4.79 Å². The molecular formula is C30H37N3O2. The Kier molecular flexibility index (Phi) is 8.90. The monoisotopic (exact) mass is 471 g/mol. The summed E-state index contributed by atoms with van der Waals surface area (Å²) < 4.78 is 5.65. The Morgan fingerprint density at radius 1 is 0.971 bits per heavy atom. The van der Waals surface area contributed by atoms with Crippen LogP contribution >= 0.6 is 0 Å². The minimum absolute atomic E-state index is 0.235. The topological polar surface area (TPSA) is 45.7 Å². The second-order valence-corrected chi connectivity index (χ2v) is 9.78.